The highest BCUT2D eigenvalue weighted by atomic mass is 16.2. The van der Waals surface area contributed by atoms with E-state index >= 15 is 0 Å². The first-order chi connectivity index (χ1) is 9.87. The van der Waals surface area contributed by atoms with Crippen molar-refractivity contribution < 1.29 is 9.59 Å². The number of rotatable bonds is 1. The van der Waals surface area contributed by atoms with Gasteiger partial charge in [0.05, 0.1) is 0 Å². The molecule has 0 aromatic heterocycles. The molecule has 21 heavy (non-hydrogen) atoms. The summed E-state index contributed by atoms with van der Waals surface area (Å²) in [6.07, 6.45) is 0.568. The minimum absolute atomic E-state index is 0.0187. The lowest BCUT2D eigenvalue weighted by molar-refractivity contribution is -0.134. The predicted molar refractivity (Wildman–Crippen MR) is 82.1 cm³/mol. The molecule has 0 bridgehead atoms. The normalized spacial score (nSPS) is 20.6. The molecule has 6 nitrogen and oxygen atoms in total. The third kappa shape index (κ3) is 4.59. The fraction of sp³-hybridized carbons (Fsp3) is 0.867. The number of carbonyl (C=O) groups excluding carboxylic acids is 2. The fourth-order valence-electron chi connectivity index (χ4n) is 2.77. The molecule has 0 aromatic carbocycles. The van der Waals surface area contributed by atoms with Gasteiger partial charge in [-0.05, 0) is 5.41 Å². The third-order valence-electron chi connectivity index (χ3n) is 3.97. The summed E-state index contributed by atoms with van der Waals surface area (Å²) in [6, 6.07) is 0.124. The summed E-state index contributed by atoms with van der Waals surface area (Å²) in [5, 5.41) is 3.25. The number of amides is 3. The minimum Gasteiger partial charge on any atom is -0.339 e. The Bertz CT molecular complexity index is 378. The van der Waals surface area contributed by atoms with E-state index in [1.165, 1.54) is 0 Å². The lowest BCUT2D eigenvalue weighted by Gasteiger charge is -2.39. The molecule has 1 N–H and O–H groups in total. The van der Waals surface area contributed by atoms with E-state index in [0.29, 0.717) is 32.6 Å². The van der Waals surface area contributed by atoms with Crippen LogP contribution in [0.4, 0.5) is 4.79 Å². The summed E-state index contributed by atoms with van der Waals surface area (Å²) in [6.45, 7) is 12.2. The molecule has 2 heterocycles. The number of hydrogen-bond acceptors (Lipinski definition) is 3. The second kappa shape index (κ2) is 6.64. The zero-order valence-corrected chi connectivity index (χ0v) is 13.5. The first-order valence-electron chi connectivity index (χ1n) is 7.89. The van der Waals surface area contributed by atoms with Crippen molar-refractivity contribution in [3.63, 3.8) is 0 Å². The van der Waals surface area contributed by atoms with Gasteiger partial charge in [0.2, 0.25) is 5.91 Å². The molecule has 0 radical (unpaired) electrons. The van der Waals surface area contributed by atoms with Crippen molar-refractivity contribution in [2.75, 3.05) is 52.4 Å². The quantitative estimate of drug-likeness (QED) is 0.770. The van der Waals surface area contributed by atoms with Crippen LogP contribution >= 0.6 is 0 Å². The maximum atomic E-state index is 12.4. The van der Waals surface area contributed by atoms with Gasteiger partial charge in [-0.3, -0.25) is 4.79 Å². The van der Waals surface area contributed by atoms with Crippen molar-refractivity contribution in [2.24, 2.45) is 5.41 Å². The van der Waals surface area contributed by atoms with Crippen LogP contribution in [0.3, 0.4) is 0 Å². The summed E-state index contributed by atoms with van der Waals surface area (Å²) >= 11 is 0. The average Bonchev–Trinajstić information content (AvgIpc) is 2.46. The highest BCUT2D eigenvalue weighted by Crippen LogP contribution is 2.20. The molecule has 2 fully saturated rings. The van der Waals surface area contributed by atoms with Gasteiger partial charge in [0, 0.05) is 58.8 Å². The van der Waals surface area contributed by atoms with E-state index in [2.05, 4.69) is 26.1 Å². The van der Waals surface area contributed by atoms with Crippen LogP contribution in [0.15, 0.2) is 0 Å². The number of urea groups is 1. The smallest absolute Gasteiger partial charge is 0.320 e. The first-order valence-corrected chi connectivity index (χ1v) is 7.89. The van der Waals surface area contributed by atoms with Crippen molar-refractivity contribution >= 4 is 11.9 Å². The standard InChI is InChI=1S/C15H28N4O2/c1-15(2,3)12-13(20)17-8-10-19(11-9-17)14(21)18-6-4-16-5-7-18/h16H,4-12H2,1-3H3. The highest BCUT2D eigenvalue weighted by molar-refractivity contribution is 5.78. The lowest BCUT2D eigenvalue weighted by atomic mass is 9.91. The van der Waals surface area contributed by atoms with Crippen LogP contribution in [0.2, 0.25) is 0 Å². The van der Waals surface area contributed by atoms with Crippen LogP contribution in [0, 0.1) is 5.41 Å². The van der Waals surface area contributed by atoms with E-state index in [0.717, 1.165) is 26.2 Å². The summed E-state index contributed by atoms with van der Waals surface area (Å²) in [4.78, 5) is 30.3. The zero-order chi connectivity index (χ0) is 15.5. The number of piperazine rings is 2. The van der Waals surface area contributed by atoms with Crippen molar-refractivity contribution in [2.45, 2.75) is 27.2 Å². The van der Waals surface area contributed by atoms with Gasteiger partial charge < -0.3 is 20.0 Å². The molecule has 0 atom stereocenters. The van der Waals surface area contributed by atoms with Gasteiger partial charge in [-0.1, -0.05) is 20.8 Å². The van der Waals surface area contributed by atoms with Crippen LogP contribution in [-0.4, -0.2) is 79.0 Å². The molecular formula is C15H28N4O2. The first kappa shape index (κ1) is 16.1. The highest BCUT2D eigenvalue weighted by Gasteiger charge is 2.29. The van der Waals surface area contributed by atoms with E-state index in [4.69, 9.17) is 0 Å². The number of carbonyl (C=O) groups is 2. The Balaban J connectivity index is 1.80. The van der Waals surface area contributed by atoms with Crippen LogP contribution in [0.5, 0.6) is 0 Å². The Labute approximate surface area is 127 Å². The molecule has 0 aliphatic carbocycles. The molecule has 120 valence electrons. The van der Waals surface area contributed by atoms with Crippen LogP contribution in [0.1, 0.15) is 27.2 Å². The molecule has 0 unspecified atom stereocenters. The molecule has 3 amide bonds. The van der Waals surface area contributed by atoms with Crippen molar-refractivity contribution in [3.05, 3.63) is 0 Å². The maximum Gasteiger partial charge on any atom is 0.320 e. The third-order valence-corrected chi connectivity index (χ3v) is 3.97. The van der Waals surface area contributed by atoms with E-state index < -0.39 is 0 Å². The molecule has 2 saturated heterocycles. The van der Waals surface area contributed by atoms with Gasteiger partial charge in [0.15, 0.2) is 0 Å². The van der Waals surface area contributed by atoms with Gasteiger partial charge >= 0.3 is 6.03 Å². The fourth-order valence-corrected chi connectivity index (χ4v) is 2.77. The molecular weight excluding hydrogens is 268 g/mol. The summed E-state index contributed by atoms with van der Waals surface area (Å²) in [5.41, 5.74) is 0.0187. The predicted octanol–water partition coefficient (Wildman–Crippen LogP) is 0.592. The maximum absolute atomic E-state index is 12.4. The lowest BCUT2D eigenvalue weighted by Crippen LogP contribution is -2.57. The van der Waals surface area contributed by atoms with Gasteiger partial charge in [-0.2, -0.15) is 0 Å². The van der Waals surface area contributed by atoms with Gasteiger partial charge in [-0.15, -0.1) is 0 Å². The average molecular weight is 296 g/mol. The Morgan fingerprint density at radius 2 is 1.33 bits per heavy atom. The van der Waals surface area contributed by atoms with Gasteiger partial charge in [-0.25, -0.2) is 4.79 Å². The molecule has 6 heteroatoms. The zero-order valence-electron chi connectivity index (χ0n) is 13.5. The molecule has 2 aliphatic rings. The number of nitrogens with one attached hydrogen (secondary N) is 1. The Kier molecular flexibility index (Phi) is 5.08. The van der Waals surface area contributed by atoms with E-state index in [1.54, 1.807) is 0 Å². The monoisotopic (exact) mass is 296 g/mol. The second-order valence-electron chi connectivity index (χ2n) is 7.12. The second-order valence-corrected chi connectivity index (χ2v) is 7.12. The molecule has 2 rings (SSSR count). The number of nitrogens with zero attached hydrogens (tertiary/aromatic N) is 3. The molecule has 0 aromatic rings. The molecule has 0 spiro atoms. The Morgan fingerprint density at radius 1 is 0.857 bits per heavy atom. The minimum atomic E-state index is 0.0187. The van der Waals surface area contributed by atoms with Crippen LogP contribution in [0.25, 0.3) is 0 Å². The molecule has 0 saturated carbocycles. The Hall–Kier alpha value is -1.30. The topological polar surface area (TPSA) is 55.9 Å². The van der Waals surface area contributed by atoms with Crippen LogP contribution in [-0.2, 0) is 4.79 Å². The van der Waals surface area contributed by atoms with E-state index in [9.17, 15) is 9.59 Å². The Morgan fingerprint density at radius 3 is 1.86 bits per heavy atom. The van der Waals surface area contributed by atoms with Crippen molar-refractivity contribution in [1.29, 1.82) is 0 Å². The van der Waals surface area contributed by atoms with Crippen molar-refractivity contribution in [1.82, 2.24) is 20.0 Å². The van der Waals surface area contributed by atoms with E-state index in [-0.39, 0.29) is 17.4 Å². The van der Waals surface area contributed by atoms with Gasteiger partial charge in [0.25, 0.3) is 0 Å². The van der Waals surface area contributed by atoms with Gasteiger partial charge in [0.1, 0.15) is 0 Å². The van der Waals surface area contributed by atoms with Crippen LogP contribution < -0.4 is 5.32 Å². The summed E-state index contributed by atoms with van der Waals surface area (Å²) in [7, 11) is 0. The molecule has 2 aliphatic heterocycles. The number of hydrogen-bond donors (Lipinski definition) is 1. The summed E-state index contributed by atoms with van der Waals surface area (Å²) in [5.74, 6) is 0.205. The largest absolute Gasteiger partial charge is 0.339 e. The van der Waals surface area contributed by atoms with Crippen molar-refractivity contribution in [3.8, 4) is 0 Å². The summed E-state index contributed by atoms with van der Waals surface area (Å²) < 4.78 is 0. The van der Waals surface area contributed by atoms with E-state index in [1.807, 2.05) is 14.7 Å². The SMILES string of the molecule is CC(C)(C)CC(=O)N1CCN(C(=O)N2CCNCC2)CC1.